The molecule has 0 radical (unpaired) electrons. The molecule has 0 fully saturated rings. The minimum atomic E-state index is 0.297. The third-order valence-electron chi connectivity index (χ3n) is 3.15. The van der Waals surface area contributed by atoms with E-state index in [2.05, 4.69) is 25.4 Å². The predicted octanol–water partition coefficient (Wildman–Crippen LogP) is 1.82. The summed E-state index contributed by atoms with van der Waals surface area (Å²) in [5.41, 5.74) is 2.25. The molecule has 0 saturated heterocycles. The van der Waals surface area contributed by atoms with Gasteiger partial charge in [-0.2, -0.15) is 15.2 Å². The van der Waals surface area contributed by atoms with Crippen molar-refractivity contribution in [2.24, 2.45) is 0 Å². The quantitative estimate of drug-likeness (QED) is 0.782. The average Bonchev–Trinajstić information content (AvgIpc) is 3.10. The van der Waals surface area contributed by atoms with Crippen molar-refractivity contribution < 1.29 is 9.47 Å². The molecule has 3 aromatic rings. The zero-order valence-corrected chi connectivity index (χ0v) is 12.4. The highest BCUT2D eigenvalue weighted by atomic mass is 16.5. The Balaban J connectivity index is 2.09. The van der Waals surface area contributed by atoms with Crippen LogP contribution in [-0.2, 0) is 0 Å². The van der Waals surface area contributed by atoms with E-state index in [4.69, 9.17) is 14.7 Å². The molecule has 0 spiro atoms. The molecule has 23 heavy (non-hydrogen) atoms. The maximum absolute atomic E-state index is 9.07. The van der Waals surface area contributed by atoms with Gasteiger partial charge < -0.3 is 9.47 Å². The Morgan fingerprint density at radius 1 is 1.04 bits per heavy atom. The summed E-state index contributed by atoms with van der Waals surface area (Å²) in [5, 5.41) is 19.2. The van der Waals surface area contributed by atoms with Crippen LogP contribution < -0.4 is 9.47 Å². The van der Waals surface area contributed by atoms with Gasteiger partial charge in [-0.3, -0.25) is 0 Å². The van der Waals surface area contributed by atoms with E-state index in [0.717, 1.165) is 11.1 Å². The second kappa shape index (κ2) is 6.11. The zero-order valence-electron chi connectivity index (χ0n) is 12.4. The van der Waals surface area contributed by atoms with Gasteiger partial charge in [0.2, 0.25) is 11.8 Å². The monoisotopic (exact) mass is 308 g/mol. The fourth-order valence-corrected chi connectivity index (χ4v) is 2.06. The molecule has 0 aliphatic carbocycles. The molecule has 0 bridgehead atoms. The predicted molar refractivity (Wildman–Crippen MR) is 80.7 cm³/mol. The Labute approximate surface area is 131 Å². The molecule has 114 valence electrons. The van der Waals surface area contributed by atoms with E-state index in [1.54, 1.807) is 6.07 Å². The van der Waals surface area contributed by atoms with Crippen molar-refractivity contribution in [2.45, 2.75) is 0 Å². The van der Waals surface area contributed by atoms with Gasteiger partial charge in [-0.05, 0) is 6.07 Å². The lowest BCUT2D eigenvalue weighted by Gasteiger charge is -2.07. The lowest BCUT2D eigenvalue weighted by Crippen LogP contribution is -1.97. The molecule has 2 aromatic heterocycles. The molecular weight excluding hydrogens is 296 g/mol. The van der Waals surface area contributed by atoms with Crippen LogP contribution in [0, 0.1) is 11.3 Å². The first kappa shape index (κ1) is 14.5. The summed E-state index contributed by atoms with van der Waals surface area (Å²) in [7, 11) is 3.05. The molecule has 0 amide bonds. The Morgan fingerprint density at radius 3 is 2.39 bits per heavy atom. The van der Waals surface area contributed by atoms with Crippen LogP contribution in [0.4, 0.5) is 0 Å². The van der Waals surface area contributed by atoms with Crippen LogP contribution in [0.5, 0.6) is 11.8 Å². The van der Waals surface area contributed by atoms with Crippen molar-refractivity contribution in [3.05, 3.63) is 36.0 Å². The second-order valence-corrected chi connectivity index (χ2v) is 4.50. The van der Waals surface area contributed by atoms with Crippen LogP contribution in [0.2, 0.25) is 0 Å². The van der Waals surface area contributed by atoms with E-state index in [-0.39, 0.29) is 0 Å². The molecule has 3 rings (SSSR count). The summed E-state index contributed by atoms with van der Waals surface area (Å²) in [6, 6.07) is 11.0. The lowest BCUT2D eigenvalue weighted by molar-refractivity contribution is 0.372. The molecule has 0 aliphatic rings. The molecule has 0 unspecified atom stereocenters. The highest BCUT2D eigenvalue weighted by molar-refractivity contribution is 5.70. The van der Waals surface area contributed by atoms with E-state index >= 15 is 0 Å². The molecule has 2 heterocycles. The van der Waals surface area contributed by atoms with Crippen LogP contribution in [0.3, 0.4) is 0 Å². The van der Waals surface area contributed by atoms with E-state index in [1.807, 2.05) is 30.3 Å². The van der Waals surface area contributed by atoms with Crippen LogP contribution in [0.25, 0.3) is 22.6 Å². The summed E-state index contributed by atoms with van der Waals surface area (Å²) in [6.07, 6.45) is 0. The fourth-order valence-electron chi connectivity index (χ4n) is 2.06. The number of aromatic nitrogens is 5. The fraction of sp³-hybridized carbons (Fsp3) is 0.133. The first-order chi connectivity index (χ1) is 11.2. The maximum atomic E-state index is 9.07. The molecule has 0 atom stereocenters. The number of nitriles is 1. The zero-order chi connectivity index (χ0) is 16.2. The molecule has 8 heteroatoms. The van der Waals surface area contributed by atoms with Gasteiger partial charge in [0.15, 0.2) is 11.5 Å². The number of methoxy groups -OCH3 is 2. The van der Waals surface area contributed by atoms with Crippen LogP contribution in [0.15, 0.2) is 30.3 Å². The largest absolute Gasteiger partial charge is 0.481 e. The summed E-state index contributed by atoms with van der Waals surface area (Å²) in [6.45, 7) is 0. The SMILES string of the molecule is COc1cc(OC)nc(-c2cccc(-c3nn[nH]c3C#N)c2)n1. The number of aromatic amines is 1. The van der Waals surface area contributed by atoms with E-state index < -0.39 is 0 Å². The highest BCUT2D eigenvalue weighted by Gasteiger charge is 2.12. The van der Waals surface area contributed by atoms with Crippen LogP contribution >= 0.6 is 0 Å². The van der Waals surface area contributed by atoms with Crippen molar-refractivity contribution in [2.75, 3.05) is 14.2 Å². The highest BCUT2D eigenvalue weighted by Crippen LogP contribution is 2.27. The van der Waals surface area contributed by atoms with Crippen molar-refractivity contribution in [3.8, 4) is 40.5 Å². The number of ether oxygens (including phenoxy) is 2. The van der Waals surface area contributed by atoms with Crippen LogP contribution in [0.1, 0.15) is 5.69 Å². The molecule has 8 nitrogen and oxygen atoms in total. The number of rotatable bonds is 4. The third-order valence-corrected chi connectivity index (χ3v) is 3.15. The lowest BCUT2D eigenvalue weighted by atomic mass is 10.1. The van der Waals surface area contributed by atoms with E-state index in [1.165, 1.54) is 14.2 Å². The molecule has 1 aromatic carbocycles. The Hall–Kier alpha value is -3.47. The van der Waals surface area contributed by atoms with Gasteiger partial charge in [0.1, 0.15) is 11.8 Å². The standard InChI is InChI=1S/C15H12N6O2/c1-22-12-7-13(23-2)18-15(17-12)10-5-3-4-9(6-10)14-11(8-16)19-21-20-14/h3-7H,1-2H3,(H,19,20,21). The van der Waals surface area contributed by atoms with Gasteiger partial charge >= 0.3 is 0 Å². The number of hydrogen-bond acceptors (Lipinski definition) is 7. The van der Waals surface area contributed by atoms with E-state index in [0.29, 0.717) is 29.0 Å². The normalized spacial score (nSPS) is 10.1. The Bertz CT molecular complexity index is 861. The van der Waals surface area contributed by atoms with Gasteiger partial charge in [0.05, 0.1) is 20.3 Å². The minimum absolute atomic E-state index is 0.297. The summed E-state index contributed by atoms with van der Waals surface area (Å²) < 4.78 is 10.3. The first-order valence-corrected chi connectivity index (χ1v) is 6.64. The smallest absolute Gasteiger partial charge is 0.220 e. The first-order valence-electron chi connectivity index (χ1n) is 6.64. The van der Waals surface area contributed by atoms with Gasteiger partial charge in [-0.25, -0.2) is 5.10 Å². The maximum Gasteiger partial charge on any atom is 0.220 e. The Kier molecular flexibility index (Phi) is 3.84. The third kappa shape index (κ3) is 2.80. The summed E-state index contributed by atoms with van der Waals surface area (Å²) >= 11 is 0. The second-order valence-electron chi connectivity index (χ2n) is 4.50. The molecule has 0 aliphatic heterocycles. The molecular formula is C15H12N6O2. The number of nitrogens with one attached hydrogen (secondary N) is 1. The summed E-state index contributed by atoms with van der Waals surface area (Å²) in [5.74, 6) is 1.25. The minimum Gasteiger partial charge on any atom is -0.481 e. The van der Waals surface area contributed by atoms with Gasteiger partial charge in [-0.1, -0.05) is 23.4 Å². The van der Waals surface area contributed by atoms with Crippen LogP contribution in [-0.4, -0.2) is 39.6 Å². The average molecular weight is 308 g/mol. The van der Waals surface area contributed by atoms with Crippen molar-refractivity contribution >= 4 is 0 Å². The number of hydrogen-bond donors (Lipinski definition) is 1. The molecule has 0 saturated carbocycles. The number of nitrogens with zero attached hydrogens (tertiary/aromatic N) is 5. The summed E-state index contributed by atoms with van der Waals surface area (Å²) in [4.78, 5) is 8.63. The van der Waals surface area contributed by atoms with Crippen molar-refractivity contribution in [1.82, 2.24) is 25.4 Å². The van der Waals surface area contributed by atoms with Crippen molar-refractivity contribution in [1.29, 1.82) is 5.26 Å². The molecule has 1 N–H and O–H groups in total. The number of benzene rings is 1. The number of H-pyrrole nitrogens is 1. The van der Waals surface area contributed by atoms with Gasteiger partial charge in [0.25, 0.3) is 0 Å². The van der Waals surface area contributed by atoms with Gasteiger partial charge in [0, 0.05) is 11.1 Å². The van der Waals surface area contributed by atoms with Gasteiger partial charge in [-0.15, -0.1) is 5.10 Å². The topological polar surface area (TPSA) is 110 Å². The van der Waals surface area contributed by atoms with Crippen molar-refractivity contribution in [3.63, 3.8) is 0 Å². The van der Waals surface area contributed by atoms with E-state index in [9.17, 15) is 0 Å². The Morgan fingerprint density at radius 2 is 1.74 bits per heavy atom.